The lowest BCUT2D eigenvalue weighted by molar-refractivity contribution is -0.384. The molecular formula is C19H27ClN4O7. The molecule has 1 aromatic carbocycles. The predicted octanol–water partition coefficient (Wildman–Crippen LogP) is 1.60. The van der Waals surface area contributed by atoms with Crippen molar-refractivity contribution in [2.75, 3.05) is 13.1 Å². The number of nitro benzene ring substituents is 1. The normalized spacial score (nSPS) is 18.7. The van der Waals surface area contributed by atoms with Crippen LogP contribution >= 0.6 is 12.4 Å². The number of likely N-dealkylation sites (tertiary alicyclic amines) is 1. The van der Waals surface area contributed by atoms with E-state index in [4.69, 9.17) is 16.2 Å². The van der Waals surface area contributed by atoms with E-state index in [1.54, 1.807) is 0 Å². The Bertz CT molecular complexity index is 805. The van der Waals surface area contributed by atoms with Gasteiger partial charge in [0.2, 0.25) is 5.54 Å². The number of ketones is 1. The Morgan fingerprint density at radius 3 is 2.45 bits per heavy atom. The van der Waals surface area contributed by atoms with Crippen molar-refractivity contribution in [1.82, 2.24) is 4.90 Å². The number of carboxylic acids is 1. The number of nitro groups is 1. The molecule has 2 atom stereocenters. The Morgan fingerprint density at radius 2 is 1.90 bits per heavy atom. The number of benzene rings is 1. The molecule has 11 nitrogen and oxygen atoms in total. The van der Waals surface area contributed by atoms with Crippen LogP contribution in [-0.2, 0) is 20.9 Å². The molecule has 0 spiro atoms. The summed E-state index contributed by atoms with van der Waals surface area (Å²) in [6, 6.07) is 4.36. The van der Waals surface area contributed by atoms with E-state index < -0.39 is 34.3 Å². The lowest BCUT2D eigenvalue weighted by Crippen LogP contribution is -2.62. The molecule has 0 aromatic heterocycles. The highest BCUT2D eigenvalue weighted by atomic mass is 35.5. The van der Waals surface area contributed by atoms with Crippen LogP contribution in [0.25, 0.3) is 0 Å². The van der Waals surface area contributed by atoms with Gasteiger partial charge in [-0.3, -0.25) is 19.8 Å². The monoisotopic (exact) mass is 458 g/mol. The Morgan fingerprint density at radius 1 is 1.26 bits per heavy atom. The quantitative estimate of drug-likeness (QED) is 0.203. The minimum atomic E-state index is -2.06. The second kappa shape index (κ2) is 11.6. The highest BCUT2D eigenvalue weighted by molar-refractivity contribution is 6.12. The third-order valence-corrected chi connectivity index (χ3v) is 5.18. The van der Waals surface area contributed by atoms with Crippen LogP contribution in [0.3, 0.4) is 0 Å². The molecule has 1 heterocycles. The molecule has 5 N–H and O–H groups in total. The number of hydrogen-bond acceptors (Lipinski definition) is 8. The first-order valence-corrected chi connectivity index (χ1v) is 9.65. The van der Waals surface area contributed by atoms with E-state index in [0.717, 1.165) is 4.90 Å². The molecular weight excluding hydrogens is 432 g/mol. The Balaban J connectivity index is 0.00000480. The zero-order valence-electron chi connectivity index (χ0n) is 16.9. The summed E-state index contributed by atoms with van der Waals surface area (Å²) >= 11 is 0. The average molecular weight is 459 g/mol. The van der Waals surface area contributed by atoms with Crippen LogP contribution in [0.15, 0.2) is 24.3 Å². The van der Waals surface area contributed by atoms with Gasteiger partial charge in [0.25, 0.3) is 5.69 Å². The topological polar surface area (TPSA) is 179 Å². The first kappa shape index (κ1) is 26.3. The summed E-state index contributed by atoms with van der Waals surface area (Å²) < 4.78 is 5.19. The molecule has 31 heavy (non-hydrogen) atoms. The highest BCUT2D eigenvalue weighted by Crippen LogP contribution is 2.33. The summed E-state index contributed by atoms with van der Waals surface area (Å²) in [6.07, 6.45) is 0.830. The largest absolute Gasteiger partial charge is 0.479 e. The maximum absolute atomic E-state index is 12.9. The molecule has 1 saturated heterocycles. The number of halogens is 1. The minimum Gasteiger partial charge on any atom is -0.479 e. The maximum atomic E-state index is 12.9. The van der Waals surface area contributed by atoms with Crippen molar-refractivity contribution < 1.29 is 29.2 Å². The Labute approximate surface area is 185 Å². The number of carboxylic acid groups (broad SMARTS) is 1. The highest BCUT2D eigenvalue weighted by Gasteiger charge is 2.57. The van der Waals surface area contributed by atoms with Gasteiger partial charge in [0.05, 0.1) is 11.0 Å². The van der Waals surface area contributed by atoms with Crippen LogP contribution in [-0.4, -0.2) is 57.4 Å². The van der Waals surface area contributed by atoms with E-state index in [9.17, 15) is 29.6 Å². The van der Waals surface area contributed by atoms with E-state index in [2.05, 4.69) is 0 Å². The van der Waals surface area contributed by atoms with Crippen LogP contribution in [0.2, 0.25) is 0 Å². The molecule has 1 amide bonds. The fourth-order valence-electron chi connectivity index (χ4n) is 3.53. The SMILES string of the molecule is Cl.NCCCCC(N)C(=O)C1(C(=O)O)CCCN1C(=O)OCc1ccc([N+](=O)[O-])cc1. The van der Waals surface area contributed by atoms with E-state index in [-0.39, 0.29) is 44.1 Å². The van der Waals surface area contributed by atoms with Crippen LogP contribution in [0, 0.1) is 10.1 Å². The number of unbranched alkanes of at least 4 members (excludes halogenated alkanes) is 1. The number of non-ortho nitro benzene ring substituents is 1. The minimum absolute atomic E-state index is 0. The van der Waals surface area contributed by atoms with Crippen molar-refractivity contribution in [2.45, 2.75) is 50.3 Å². The van der Waals surface area contributed by atoms with Crippen molar-refractivity contribution in [3.63, 3.8) is 0 Å². The molecule has 1 aromatic rings. The summed E-state index contributed by atoms with van der Waals surface area (Å²) in [4.78, 5) is 48.7. The third-order valence-electron chi connectivity index (χ3n) is 5.18. The number of amides is 1. The molecule has 1 aliphatic heterocycles. The molecule has 0 saturated carbocycles. The first-order valence-electron chi connectivity index (χ1n) is 9.65. The number of nitrogens with two attached hydrogens (primary N) is 2. The number of nitrogens with zero attached hydrogens (tertiary/aromatic N) is 2. The van der Waals surface area contributed by atoms with Crippen molar-refractivity contribution in [2.24, 2.45) is 11.5 Å². The first-order chi connectivity index (χ1) is 14.2. The molecule has 2 rings (SSSR count). The number of carbonyl (C=O) groups is 3. The number of hydrogen-bond donors (Lipinski definition) is 3. The molecule has 2 unspecified atom stereocenters. The maximum Gasteiger partial charge on any atom is 0.411 e. The third kappa shape index (κ3) is 5.90. The predicted molar refractivity (Wildman–Crippen MR) is 113 cm³/mol. The van der Waals surface area contributed by atoms with Crippen molar-refractivity contribution >= 4 is 35.9 Å². The average Bonchev–Trinajstić information content (AvgIpc) is 3.18. The number of Topliss-reactive ketones (excluding diaryl/α,β-unsaturated/α-hetero) is 1. The Kier molecular flexibility index (Phi) is 9.82. The molecule has 0 radical (unpaired) electrons. The molecule has 172 valence electrons. The smallest absolute Gasteiger partial charge is 0.411 e. The summed E-state index contributed by atoms with van der Waals surface area (Å²) in [7, 11) is 0. The van der Waals surface area contributed by atoms with Crippen molar-refractivity contribution in [1.29, 1.82) is 0 Å². The van der Waals surface area contributed by atoms with Gasteiger partial charge in [0, 0.05) is 18.7 Å². The van der Waals surface area contributed by atoms with E-state index in [0.29, 0.717) is 31.4 Å². The fourth-order valence-corrected chi connectivity index (χ4v) is 3.53. The van der Waals surface area contributed by atoms with Gasteiger partial charge in [-0.15, -0.1) is 12.4 Å². The van der Waals surface area contributed by atoms with Gasteiger partial charge >= 0.3 is 12.1 Å². The Hall–Kier alpha value is -2.76. The molecule has 12 heteroatoms. The van der Waals surface area contributed by atoms with Crippen LogP contribution in [0.4, 0.5) is 10.5 Å². The van der Waals surface area contributed by atoms with E-state index in [1.165, 1.54) is 24.3 Å². The number of aliphatic carboxylic acids is 1. The van der Waals surface area contributed by atoms with E-state index >= 15 is 0 Å². The number of carbonyl (C=O) groups excluding carboxylic acids is 2. The lowest BCUT2D eigenvalue weighted by Gasteiger charge is -2.34. The van der Waals surface area contributed by atoms with Gasteiger partial charge in [0.15, 0.2) is 5.78 Å². The van der Waals surface area contributed by atoms with Crippen molar-refractivity contribution in [3.05, 3.63) is 39.9 Å². The van der Waals surface area contributed by atoms with Crippen LogP contribution in [0.5, 0.6) is 0 Å². The van der Waals surface area contributed by atoms with E-state index in [1.807, 2.05) is 0 Å². The standard InChI is InChI=1S/C19H26N4O7.ClH/c20-10-2-1-4-15(21)16(24)19(17(25)26)9-3-11-22(19)18(27)30-12-13-5-7-14(8-6-13)23(28)29;/h5-8,15H,1-4,9-12,20-21H2,(H,25,26);1H. The number of rotatable bonds is 10. The summed E-state index contributed by atoms with van der Waals surface area (Å²) in [6.45, 7) is 0.262. The molecule has 1 aliphatic rings. The summed E-state index contributed by atoms with van der Waals surface area (Å²) in [5.74, 6) is -2.16. The van der Waals surface area contributed by atoms with Gasteiger partial charge in [-0.2, -0.15) is 0 Å². The lowest BCUT2D eigenvalue weighted by atomic mass is 9.85. The second-order valence-corrected chi connectivity index (χ2v) is 7.15. The van der Waals surface area contributed by atoms with Crippen LogP contribution in [0.1, 0.15) is 37.7 Å². The van der Waals surface area contributed by atoms with Crippen molar-refractivity contribution in [3.8, 4) is 0 Å². The van der Waals surface area contributed by atoms with Gasteiger partial charge in [-0.05, 0) is 49.9 Å². The van der Waals surface area contributed by atoms with Crippen LogP contribution < -0.4 is 11.5 Å². The fraction of sp³-hybridized carbons (Fsp3) is 0.526. The summed E-state index contributed by atoms with van der Waals surface area (Å²) in [5, 5.41) is 20.5. The molecule has 0 bridgehead atoms. The second-order valence-electron chi connectivity index (χ2n) is 7.15. The number of ether oxygens (including phenoxy) is 1. The van der Waals surface area contributed by atoms with Gasteiger partial charge in [0.1, 0.15) is 6.61 Å². The van der Waals surface area contributed by atoms with Gasteiger partial charge in [-0.25, -0.2) is 9.59 Å². The molecule has 1 fully saturated rings. The van der Waals surface area contributed by atoms with Gasteiger partial charge < -0.3 is 21.3 Å². The summed E-state index contributed by atoms with van der Waals surface area (Å²) in [5.41, 5.74) is 9.69. The zero-order valence-corrected chi connectivity index (χ0v) is 17.7. The van der Waals surface area contributed by atoms with Gasteiger partial charge in [-0.1, -0.05) is 6.42 Å². The zero-order chi connectivity index (χ0) is 22.3. The molecule has 0 aliphatic carbocycles.